The van der Waals surface area contributed by atoms with Crippen molar-refractivity contribution >= 4 is 27.5 Å². The van der Waals surface area contributed by atoms with E-state index in [0.29, 0.717) is 11.4 Å². The summed E-state index contributed by atoms with van der Waals surface area (Å²) in [6, 6.07) is 6.99. The molecule has 0 radical (unpaired) electrons. The minimum Gasteiger partial charge on any atom is -0.495 e. The first-order valence-corrected chi connectivity index (χ1v) is 11.2. The van der Waals surface area contributed by atoms with E-state index in [9.17, 15) is 18.0 Å². The number of carbonyl (C=O) groups is 2. The molecule has 154 valence electrons. The quantitative estimate of drug-likeness (QED) is 0.786. The van der Waals surface area contributed by atoms with Crippen molar-refractivity contribution in [1.29, 1.82) is 0 Å². The van der Waals surface area contributed by atoms with Gasteiger partial charge in [-0.1, -0.05) is 25.0 Å². The predicted molar refractivity (Wildman–Crippen MR) is 106 cm³/mol. The van der Waals surface area contributed by atoms with Crippen LogP contribution in [0.15, 0.2) is 24.3 Å². The molecule has 3 rings (SSSR count). The van der Waals surface area contributed by atoms with Crippen LogP contribution in [0, 0.1) is 0 Å². The van der Waals surface area contributed by atoms with Crippen LogP contribution in [0.2, 0.25) is 0 Å². The fourth-order valence-corrected chi connectivity index (χ4v) is 4.83. The summed E-state index contributed by atoms with van der Waals surface area (Å²) in [5.41, 5.74) is -0.942. The van der Waals surface area contributed by atoms with E-state index in [-0.39, 0.29) is 25.0 Å². The van der Waals surface area contributed by atoms with Gasteiger partial charge < -0.3 is 10.1 Å². The van der Waals surface area contributed by atoms with E-state index in [1.165, 1.54) is 12.0 Å². The number of para-hydroxylation sites is 2. The lowest BCUT2D eigenvalue weighted by molar-refractivity contribution is -0.133. The summed E-state index contributed by atoms with van der Waals surface area (Å²) >= 11 is 0. The number of hydrogen-bond donors (Lipinski definition) is 1. The highest BCUT2D eigenvalue weighted by molar-refractivity contribution is 7.88. The van der Waals surface area contributed by atoms with Gasteiger partial charge in [-0.3, -0.25) is 14.5 Å². The Labute approximate surface area is 165 Å². The summed E-state index contributed by atoms with van der Waals surface area (Å²) in [5.74, 6) is -0.374. The Hall–Kier alpha value is -2.13. The molecule has 0 spiro atoms. The summed E-state index contributed by atoms with van der Waals surface area (Å²) in [4.78, 5) is 27.8. The number of amides is 2. The molecule has 1 aromatic rings. The second-order valence-electron chi connectivity index (χ2n) is 7.66. The van der Waals surface area contributed by atoms with Crippen LogP contribution in [0.1, 0.15) is 32.6 Å². The van der Waals surface area contributed by atoms with E-state index in [0.717, 1.165) is 36.2 Å². The number of nitrogens with one attached hydrogen (secondary N) is 1. The zero-order valence-corrected chi connectivity index (χ0v) is 17.3. The van der Waals surface area contributed by atoms with Gasteiger partial charge >= 0.3 is 0 Å². The first kappa shape index (κ1) is 20.6. The number of nitrogens with zero attached hydrogens (tertiary/aromatic N) is 2. The molecule has 1 aromatic carbocycles. The van der Waals surface area contributed by atoms with Crippen LogP contribution in [0.25, 0.3) is 0 Å². The molecule has 1 unspecified atom stereocenters. The van der Waals surface area contributed by atoms with Gasteiger partial charge in [-0.05, 0) is 31.9 Å². The third-order valence-electron chi connectivity index (χ3n) is 5.51. The Kier molecular flexibility index (Phi) is 5.67. The molecule has 28 heavy (non-hydrogen) atoms. The maximum atomic E-state index is 13.3. The average molecular weight is 410 g/mol. The van der Waals surface area contributed by atoms with Crippen molar-refractivity contribution < 1.29 is 22.7 Å². The summed E-state index contributed by atoms with van der Waals surface area (Å²) in [6.45, 7) is 1.18. The van der Waals surface area contributed by atoms with Gasteiger partial charge in [0.05, 0.1) is 25.6 Å². The molecule has 8 nitrogen and oxygen atoms in total. The monoisotopic (exact) mass is 409 g/mol. The second kappa shape index (κ2) is 7.71. The molecular weight excluding hydrogens is 382 g/mol. The molecule has 1 saturated carbocycles. The molecular formula is C19H27N3O5S. The van der Waals surface area contributed by atoms with E-state index in [4.69, 9.17) is 4.74 Å². The van der Waals surface area contributed by atoms with Crippen LogP contribution in [-0.2, 0) is 19.6 Å². The zero-order valence-electron chi connectivity index (χ0n) is 16.5. The Morgan fingerprint density at radius 1 is 1.25 bits per heavy atom. The molecule has 2 amide bonds. The Morgan fingerprint density at radius 2 is 1.89 bits per heavy atom. The fraction of sp³-hybridized carbons (Fsp3) is 0.579. The Morgan fingerprint density at radius 3 is 2.50 bits per heavy atom. The number of hydrogen-bond acceptors (Lipinski definition) is 5. The summed E-state index contributed by atoms with van der Waals surface area (Å²) in [6.07, 6.45) is 4.92. The third kappa shape index (κ3) is 3.86. The predicted octanol–water partition coefficient (Wildman–Crippen LogP) is 1.12. The van der Waals surface area contributed by atoms with Gasteiger partial charge in [-0.15, -0.1) is 0 Å². The maximum absolute atomic E-state index is 13.3. The number of anilines is 1. The van der Waals surface area contributed by atoms with E-state index < -0.39 is 21.5 Å². The van der Waals surface area contributed by atoms with Gasteiger partial charge in [0, 0.05) is 12.6 Å². The van der Waals surface area contributed by atoms with Crippen LogP contribution in [0.4, 0.5) is 5.69 Å². The smallest absolute Gasteiger partial charge is 0.247 e. The van der Waals surface area contributed by atoms with E-state index in [1.54, 1.807) is 31.2 Å². The van der Waals surface area contributed by atoms with Crippen molar-refractivity contribution in [3.05, 3.63) is 24.3 Å². The normalized spacial score (nSPS) is 24.4. The lowest BCUT2D eigenvalue weighted by atomic mass is 9.93. The van der Waals surface area contributed by atoms with Crippen molar-refractivity contribution in [2.24, 2.45) is 0 Å². The standard InChI is InChI=1S/C19H27N3O5S/c1-19(18(24)20-14-8-4-5-9-14)13-21(28(3,25)26)12-17(23)22(19)15-10-6-7-11-16(15)27-2/h6-7,10-11,14H,4-5,8-9,12-13H2,1-3H3,(H,20,24). The van der Waals surface area contributed by atoms with E-state index in [2.05, 4.69) is 5.32 Å². The Balaban J connectivity index is 2.04. The van der Waals surface area contributed by atoms with Gasteiger partial charge in [0.1, 0.15) is 11.3 Å². The highest BCUT2D eigenvalue weighted by Gasteiger charge is 2.51. The van der Waals surface area contributed by atoms with Crippen LogP contribution >= 0.6 is 0 Å². The largest absolute Gasteiger partial charge is 0.495 e. The number of benzene rings is 1. The van der Waals surface area contributed by atoms with Crippen molar-refractivity contribution in [3.63, 3.8) is 0 Å². The molecule has 1 atom stereocenters. The van der Waals surface area contributed by atoms with Gasteiger partial charge in [0.15, 0.2) is 0 Å². The number of rotatable bonds is 5. The SMILES string of the molecule is COc1ccccc1N1C(=O)CN(S(C)(=O)=O)CC1(C)C(=O)NC1CCCC1. The van der Waals surface area contributed by atoms with Crippen molar-refractivity contribution in [3.8, 4) is 5.75 Å². The maximum Gasteiger partial charge on any atom is 0.247 e. The molecule has 1 aliphatic heterocycles. The summed E-state index contributed by atoms with van der Waals surface area (Å²) in [7, 11) is -2.15. The lowest BCUT2D eigenvalue weighted by Crippen LogP contribution is -2.70. The first-order valence-electron chi connectivity index (χ1n) is 9.39. The summed E-state index contributed by atoms with van der Waals surface area (Å²) in [5, 5.41) is 3.02. The van der Waals surface area contributed by atoms with Crippen molar-refractivity contribution in [2.45, 2.75) is 44.2 Å². The fourth-order valence-electron chi connectivity index (χ4n) is 4.00. The van der Waals surface area contributed by atoms with E-state index in [1.807, 2.05) is 0 Å². The number of carbonyl (C=O) groups excluding carboxylic acids is 2. The molecule has 1 heterocycles. The first-order chi connectivity index (χ1) is 13.2. The van der Waals surface area contributed by atoms with Gasteiger partial charge in [-0.2, -0.15) is 4.31 Å². The van der Waals surface area contributed by atoms with Gasteiger partial charge in [-0.25, -0.2) is 8.42 Å². The van der Waals surface area contributed by atoms with Crippen LogP contribution in [0.3, 0.4) is 0 Å². The third-order valence-corrected chi connectivity index (χ3v) is 6.71. The van der Waals surface area contributed by atoms with E-state index >= 15 is 0 Å². The average Bonchev–Trinajstić information content (AvgIpc) is 3.13. The van der Waals surface area contributed by atoms with Crippen LogP contribution in [0.5, 0.6) is 5.75 Å². The van der Waals surface area contributed by atoms with Gasteiger partial charge in [0.25, 0.3) is 0 Å². The molecule has 2 fully saturated rings. The molecule has 0 bridgehead atoms. The van der Waals surface area contributed by atoms with Crippen LogP contribution in [-0.4, -0.2) is 62.6 Å². The highest BCUT2D eigenvalue weighted by Crippen LogP contribution is 2.36. The molecule has 1 aliphatic carbocycles. The second-order valence-corrected chi connectivity index (χ2v) is 9.64. The minimum atomic E-state index is -3.64. The highest BCUT2D eigenvalue weighted by atomic mass is 32.2. The number of piperazine rings is 1. The topological polar surface area (TPSA) is 96.0 Å². The Bertz CT molecular complexity index is 866. The van der Waals surface area contributed by atoms with Crippen LogP contribution < -0.4 is 15.0 Å². The number of ether oxygens (including phenoxy) is 1. The molecule has 9 heteroatoms. The van der Waals surface area contributed by atoms with Crippen molar-refractivity contribution in [1.82, 2.24) is 9.62 Å². The molecule has 1 saturated heterocycles. The molecule has 1 N–H and O–H groups in total. The lowest BCUT2D eigenvalue weighted by Gasteiger charge is -2.47. The van der Waals surface area contributed by atoms with Crippen molar-refractivity contribution in [2.75, 3.05) is 31.4 Å². The minimum absolute atomic E-state index is 0.0487. The molecule has 2 aliphatic rings. The van der Waals surface area contributed by atoms with Gasteiger partial charge in [0.2, 0.25) is 21.8 Å². The molecule has 0 aromatic heterocycles. The number of sulfonamides is 1. The number of methoxy groups -OCH3 is 1. The zero-order chi connectivity index (χ0) is 20.5. The summed E-state index contributed by atoms with van der Waals surface area (Å²) < 4.78 is 30.8.